The minimum Gasteiger partial charge on any atom is -0.274 e. The van der Waals surface area contributed by atoms with Crippen molar-refractivity contribution in [3.8, 4) is 11.4 Å². The molecule has 3 heteroatoms. The standard InChI is InChI=1S/C13H13N2O/c1-2-6-12(16)15-10-9-14-13(15)11-7-4-3-5-8-11/h3-5,7-10H,1-2,6H2. The number of carbonyl (C=O) groups excluding carboxylic acids is 1. The van der Waals surface area contributed by atoms with E-state index >= 15 is 0 Å². The molecule has 0 amide bonds. The molecule has 2 rings (SSSR count). The van der Waals surface area contributed by atoms with Crippen LogP contribution in [-0.4, -0.2) is 15.5 Å². The van der Waals surface area contributed by atoms with E-state index in [4.69, 9.17) is 0 Å². The van der Waals surface area contributed by atoms with Gasteiger partial charge in [0, 0.05) is 24.4 Å². The number of hydrogen-bond acceptors (Lipinski definition) is 2. The molecule has 1 aromatic heterocycles. The molecule has 0 saturated carbocycles. The second-order valence-electron chi connectivity index (χ2n) is 3.48. The van der Waals surface area contributed by atoms with E-state index in [0.29, 0.717) is 18.7 Å². The third-order valence-corrected chi connectivity index (χ3v) is 2.33. The summed E-state index contributed by atoms with van der Waals surface area (Å²) in [6.45, 7) is 3.68. The van der Waals surface area contributed by atoms with Gasteiger partial charge in [-0.15, -0.1) is 0 Å². The minimum absolute atomic E-state index is 0.0337. The van der Waals surface area contributed by atoms with Crippen molar-refractivity contribution >= 4 is 5.91 Å². The Morgan fingerprint density at radius 1 is 1.31 bits per heavy atom. The Hall–Kier alpha value is -1.90. The molecule has 16 heavy (non-hydrogen) atoms. The summed E-state index contributed by atoms with van der Waals surface area (Å²) in [5.41, 5.74) is 0.949. The lowest BCUT2D eigenvalue weighted by atomic mass is 10.2. The van der Waals surface area contributed by atoms with Gasteiger partial charge in [-0.3, -0.25) is 9.36 Å². The van der Waals surface area contributed by atoms with Crippen LogP contribution in [0.4, 0.5) is 0 Å². The van der Waals surface area contributed by atoms with Crippen molar-refractivity contribution in [1.82, 2.24) is 9.55 Å². The highest BCUT2D eigenvalue weighted by molar-refractivity contribution is 5.83. The highest BCUT2D eigenvalue weighted by Gasteiger charge is 2.10. The van der Waals surface area contributed by atoms with Gasteiger partial charge in [-0.25, -0.2) is 4.98 Å². The Morgan fingerprint density at radius 2 is 2.06 bits per heavy atom. The molecule has 1 heterocycles. The first-order valence-electron chi connectivity index (χ1n) is 5.24. The van der Waals surface area contributed by atoms with Crippen LogP contribution in [0.15, 0.2) is 42.7 Å². The molecule has 0 atom stereocenters. The number of benzene rings is 1. The summed E-state index contributed by atoms with van der Waals surface area (Å²) in [6.07, 6.45) is 4.38. The van der Waals surface area contributed by atoms with Gasteiger partial charge in [0.1, 0.15) is 5.82 Å². The van der Waals surface area contributed by atoms with Gasteiger partial charge in [0.2, 0.25) is 5.91 Å². The Labute approximate surface area is 94.7 Å². The number of nitrogens with zero attached hydrogens (tertiary/aromatic N) is 2. The van der Waals surface area contributed by atoms with Crippen molar-refractivity contribution in [1.29, 1.82) is 0 Å². The summed E-state index contributed by atoms with van der Waals surface area (Å²) in [5, 5.41) is 0. The zero-order valence-electron chi connectivity index (χ0n) is 8.97. The van der Waals surface area contributed by atoms with Gasteiger partial charge in [-0.1, -0.05) is 37.3 Å². The number of imidazole rings is 1. The normalized spacial score (nSPS) is 10.3. The van der Waals surface area contributed by atoms with Gasteiger partial charge in [0.15, 0.2) is 0 Å². The molecule has 0 N–H and O–H groups in total. The van der Waals surface area contributed by atoms with Crippen molar-refractivity contribution in [2.45, 2.75) is 12.8 Å². The number of carbonyl (C=O) groups is 1. The van der Waals surface area contributed by atoms with E-state index < -0.39 is 0 Å². The van der Waals surface area contributed by atoms with Crippen LogP contribution in [0.3, 0.4) is 0 Å². The van der Waals surface area contributed by atoms with E-state index in [2.05, 4.69) is 11.9 Å². The maximum atomic E-state index is 11.8. The van der Waals surface area contributed by atoms with E-state index in [0.717, 1.165) is 5.56 Å². The predicted molar refractivity (Wildman–Crippen MR) is 62.9 cm³/mol. The van der Waals surface area contributed by atoms with Gasteiger partial charge in [-0.05, 0) is 6.42 Å². The summed E-state index contributed by atoms with van der Waals surface area (Å²) in [6, 6.07) is 9.68. The predicted octanol–water partition coefficient (Wildman–Crippen LogP) is 2.80. The molecule has 0 aliphatic rings. The van der Waals surface area contributed by atoms with Gasteiger partial charge < -0.3 is 0 Å². The first-order chi connectivity index (χ1) is 7.83. The van der Waals surface area contributed by atoms with Gasteiger partial charge in [0.25, 0.3) is 0 Å². The van der Waals surface area contributed by atoms with E-state index in [9.17, 15) is 4.79 Å². The lowest BCUT2D eigenvalue weighted by molar-refractivity contribution is 0.0905. The zero-order chi connectivity index (χ0) is 11.4. The Kier molecular flexibility index (Phi) is 3.15. The molecule has 0 saturated heterocycles. The van der Waals surface area contributed by atoms with Crippen LogP contribution in [0.2, 0.25) is 0 Å². The molecule has 2 aromatic rings. The molecule has 0 spiro atoms. The maximum absolute atomic E-state index is 11.8. The maximum Gasteiger partial charge on any atom is 0.232 e. The van der Waals surface area contributed by atoms with Crippen molar-refractivity contribution in [3.05, 3.63) is 49.6 Å². The fourth-order valence-electron chi connectivity index (χ4n) is 1.58. The second kappa shape index (κ2) is 4.75. The summed E-state index contributed by atoms with van der Waals surface area (Å²) >= 11 is 0. The molecule has 0 fully saturated rings. The molecular weight excluding hydrogens is 200 g/mol. The fraction of sp³-hybridized carbons (Fsp3) is 0.154. The molecule has 0 aliphatic heterocycles. The Bertz CT molecular complexity index is 474. The van der Waals surface area contributed by atoms with Crippen molar-refractivity contribution in [2.24, 2.45) is 0 Å². The van der Waals surface area contributed by atoms with Crippen molar-refractivity contribution < 1.29 is 4.79 Å². The third-order valence-electron chi connectivity index (χ3n) is 2.33. The lowest BCUT2D eigenvalue weighted by Crippen LogP contribution is -2.10. The molecule has 3 nitrogen and oxygen atoms in total. The monoisotopic (exact) mass is 213 g/mol. The van der Waals surface area contributed by atoms with Crippen LogP contribution in [0, 0.1) is 6.92 Å². The molecule has 0 unspecified atom stereocenters. The first kappa shape index (κ1) is 10.6. The van der Waals surface area contributed by atoms with E-state index in [1.165, 1.54) is 0 Å². The fourth-order valence-corrected chi connectivity index (χ4v) is 1.58. The third kappa shape index (κ3) is 2.03. The topological polar surface area (TPSA) is 34.9 Å². The van der Waals surface area contributed by atoms with E-state index in [-0.39, 0.29) is 5.91 Å². The van der Waals surface area contributed by atoms with Crippen LogP contribution >= 0.6 is 0 Å². The van der Waals surface area contributed by atoms with Crippen molar-refractivity contribution in [2.75, 3.05) is 0 Å². The SMILES string of the molecule is [CH2]CCC(=O)n1ccnc1-c1ccccc1. The van der Waals surface area contributed by atoms with E-state index in [1.807, 2.05) is 30.3 Å². The van der Waals surface area contributed by atoms with Crippen LogP contribution < -0.4 is 0 Å². The average molecular weight is 213 g/mol. The quantitative estimate of drug-likeness (QED) is 0.785. The largest absolute Gasteiger partial charge is 0.274 e. The van der Waals surface area contributed by atoms with Gasteiger partial charge in [0.05, 0.1) is 0 Å². The van der Waals surface area contributed by atoms with Gasteiger partial charge >= 0.3 is 0 Å². The first-order valence-corrected chi connectivity index (χ1v) is 5.24. The highest BCUT2D eigenvalue weighted by Crippen LogP contribution is 2.17. The molecule has 0 bridgehead atoms. The summed E-state index contributed by atoms with van der Waals surface area (Å²) in [7, 11) is 0. The Morgan fingerprint density at radius 3 is 2.75 bits per heavy atom. The van der Waals surface area contributed by atoms with Crippen LogP contribution in [-0.2, 0) is 0 Å². The lowest BCUT2D eigenvalue weighted by Gasteiger charge is -2.05. The molecular formula is C13H13N2O. The second-order valence-corrected chi connectivity index (χ2v) is 3.48. The number of rotatable bonds is 3. The molecule has 0 aliphatic carbocycles. The highest BCUT2D eigenvalue weighted by atomic mass is 16.2. The smallest absolute Gasteiger partial charge is 0.232 e. The summed E-state index contributed by atoms with van der Waals surface area (Å²) < 4.78 is 1.58. The molecule has 81 valence electrons. The minimum atomic E-state index is 0.0337. The Balaban J connectivity index is 2.37. The van der Waals surface area contributed by atoms with Crippen LogP contribution in [0.5, 0.6) is 0 Å². The van der Waals surface area contributed by atoms with E-state index in [1.54, 1.807) is 17.0 Å². The van der Waals surface area contributed by atoms with Crippen molar-refractivity contribution in [3.63, 3.8) is 0 Å². The molecule has 1 aromatic carbocycles. The van der Waals surface area contributed by atoms with Crippen LogP contribution in [0.25, 0.3) is 11.4 Å². The zero-order valence-corrected chi connectivity index (χ0v) is 8.97. The number of aromatic nitrogens is 2. The molecule has 1 radical (unpaired) electrons. The average Bonchev–Trinajstić information content (AvgIpc) is 2.79. The summed E-state index contributed by atoms with van der Waals surface area (Å²) in [4.78, 5) is 16.0. The van der Waals surface area contributed by atoms with Gasteiger partial charge in [-0.2, -0.15) is 0 Å². The van der Waals surface area contributed by atoms with Crippen LogP contribution in [0.1, 0.15) is 17.6 Å². The summed E-state index contributed by atoms with van der Waals surface area (Å²) in [5.74, 6) is 0.727. The number of hydrogen-bond donors (Lipinski definition) is 0.